The third-order valence-corrected chi connectivity index (χ3v) is 4.62. The molecule has 0 amide bonds. The van der Waals surface area contributed by atoms with Gasteiger partial charge >= 0.3 is 0 Å². The van der Waals surface area contributed by atoms with E-state index in [4.69, 9.17) is 5.84 Å². The molecule has 0 spiro atoms. The minimum absolute atomic E-state index is 0.315. The van der Waals surface area contributed by atoms with E-state index in [1.807, 2.05) is 11.7 Å². The molecule has 2 aromatic rings. The molecule has 1 aromatic heterocycles. The van der Waals surface area contributed by atoms with Gasteiger partial charge < -0.3 is 0 Å². The van der Waals surface area contributed by atoms with Crippen molar-refractivity contribution in [1.82, 2.24) is 15.2 Å². The Morgan fingerprint density at radius 1 is 1.38 bits per heavy atom. The van der Waals surface area contributed by atoms with Gasteiger partial charge in [0.15, 0.2) is 0 Å². The number of hydrogen-bond acceptors (Lipinski definition) is 3. The third-order valence-electron chi connectivity index (χ3n) is 4.62. The van der Waals surface area contributed by atoms with Crippen LogP contribution in [0.25, 0.3) is 0 Å². The Labute approximate surface area is 126 Å². The molecule has 0 aliphatic heterocycles. The number of nitrogens with one attached hydrogen (secondary N) is 1. The molecular weight excluding hydrogens is 260 g/mol. The lowest BCUT2D eigenvalue weighted by molar-refractivity contribution is 0.452. The maximum atomic E-state index is 5.81. The first-order valence-corrected chi connectivity index (χ1v) is 7.75. The molecule has 1 aliphatic carbocycles. The van der Waals surface area contributed by atoms with E-state index in [1.165, 1.54) is 17.7 Å². The average molecular weight is 284 g/mol. The molecule has 0 radical (unpaired) electrons. The van der Waals surface area contributed by atoms with E-state index in [2.05, 4.69) is 53.8 Å². The summed E-state index contributed by atoms with van der Waals surface area (Å²) in [6.07, 6.45) is 3.13. The first-order chi connectivity index (χ1) is 10.2. The number of aryl methyl sites for hydroxylation is 2. The number of benzene rings is 1. The van der Waals surface area contributed by atoms with Gasteiger partial charge in [0.1, 0.15) is 0 Å². The summed E-state index contributed by atoms with van der Waals surface area (Å²) in [5.74, 6) is 7.08. The standard InChI is InChI=1S/C17H24N4/c1-3-13-9-14(21(2)20-13)10-17(19-18)16-11-15(16)12-7-5-4-6-8-12/h4-9,15-17,19H,3,10-11,18H2,1-2H3. The molecule has 4 heteroatoms. The summed E-state index contributed by atoms with van der Waals surface area (Å²) < 4.78 is 1.99. The van der Waals surface area contributed by atoms with E-state index in [1.54, 1.807) is 0 Å². The Hall–Kier alpha value is -1.65. The van der Waals surface area contributed by atoms with E-state index < -0.39 is 0 Å². The highest BCUT2D eigenvalue weighted by atomic mass is 15.3. The summed E-state index contributed by atoms with van der Waals surface area (Å²) in [7, 11) is 2.02. The van der Waals surface area contributed by atoms with Crippen LogP contribution in [0.5, 0.6) is 0 Å². The summed E-state index contributed by atoms with van der Waals surface area (Å²) in [4.78, 5) is 0. The Bertz CT molecular complexity index is 590. The summed E-state index contributed by atoms with van der Waals surface area (Å²) in [5.41, 5.74) is 6.87. The van der Waals surface area contributed by atoms with Gasteiger partial charge in [-0.05, 0) is 36.3 Å². The van der Waals surface area contributed by atoms with Crippen molar-refractivity contribution in [3.05, 3.63) is 53.3 Å². The van der Waals surface area contributed by atoms with Crippen LogP contribution in [0.1, 0.15) is 36.2 Å². The van der Waals surface area contributed by atoms with E-state index >= 15 is 0 Å². The van der Waals surface area contributed by atoms with Gasteiger partial charge in [0.25, 0.3) is 0 Å². The van der Waals surface area contributed by atoms with Crippen molar-refractivity contribution >= 4 is 0 Å². The van der Waals surface area contributed by atoms with Crippen molar-refractivity contribution in [1.29, 1.82) is 0 Å². The molecule has 3 unspecified atom stereocenters. The quantitative estimate of drug-likeness (QED) is 0.631. The lowest BCUT2D eigenvalue weighted by Crippen LogP contribution is -2.39. The van der Waals surface area contributed by atoms with Crippen molar-refractivity contribution in [3.8, 4) is 0 Å². The first kappa shape index (κ1) is 14.3. The van der Waals surface area contributed by atoms with Gasteiger partial charge in [-0.25, -0.2) is 0 Å². The molecule has 1 heterocycles. The molecule has 0 saturated heterocycles. The highest BCUT2D eigenvalue weighted by Crippen LogP contribution is 2.49. The molecule has 112 valence electrons. The second-order valence-corrected chi connectivity index (χ2v) is 6.00. The summed E-state index contributed by atoms with van der Waals surface area (Å²) in [5, 5.41) is 4.52. The van der Waals surface area contributed by atoms with Crippen LogP contribution >= 0.6 is 0 Å². The molecule has 1 aliphatic rings. The second kappa shape index (κ2) is 6.00. The molecule has 1 aromatic carbocycles. The fraction of sp³-hybridized carbons (Fsp3) is 0.471. The zero-order valence-corrected chi connectivity index (χ0v) is 12.8. The van der Waals surface area contributed by atoms with E-state index in [0.29, 0.717) is 17.9 Å². The molecule has 3 atom stereocenters. The van der Waals surface area contributed by atoms with Crippen LogP contribution in [-0.2, 0) is 19.9 Å². The molecule has 3 rings (SSSR count). The predicted molar refractivity (Wildman–Crippen MR) is 84.7 cm³/mol. The van der Waals surface area contributed by atoms with Gasteiger partial charge in [-0.1, -0.05) is 37.3 Å². The van der Waals surface area contributed by atoms with E-state index in [9.17, 15) is 0 Å². The van der Waals surface area contributed by atoms with Crippen molar-refractivity contribution in [2.45, 2.75) is 38.1 Å². The van der Waals surface area contributed by atoms with Crippen LogP contribution in [-0.4, -0.2) is 15.8 Å². The number of rotatable bonds is 6. The van der Waals surface area contributed by atoms with Crippen molar-refractivity contribution in [2.24, 2.45) is 18.8 Å². The van der Waals surface area contributed by atoms with Gasteiger partial charge in [0.05, 0.1) is 5.69 Å². The molecule has 1 saturated carbocycles. The lowest BCUT2D eigenvalue weighted by Gasteiger charge is -2.16. The zero-order chi connectivity index (χ0) is 14.8. The molecule has 1 fully saturated rings. The first-order valence-electron chi connectivity index (χ1n) is 7.75. The normalized spacial score (nSPS) is 22.2. The average Bonchev–Trinajstić information content (AvgIpc) is 3.23. The van der Waals surface area contributed by atoms with Crippen LogP contribution in [0.4, 0.5) is 0 Å². The molecule has 21 heavy (non-hydrogen) atoms. The number of hydrogen-bond donors (Lipinski definition) is 2. The SMILES string of the molecule is CCc1cc(CC(NN)C2CC2c2ccccc2)n(C)n1. The van der Waals surface area contributed by atoms with Gasteiger partial charge in [-0.15, -0.1) is 0 Å². The maximum absolute atomic E-state index is 5.81. The Morgan fingerprint density at radius 2 is 2.14 bits per heavy atom. The van der Waals surface area contributed by atoms with Crippen LogP contribution in [0.15, 0.2) is 36.4 Å². The number of hydrazine groups is 1. The Balaban J connectivity index is 1.68. The van der Waals surface area contributed by atoms with E-state index in [0.717, 1.165) is 18.5 Å². The number of nitrogens with two attached hydrogens (primary N) is 1. The fourth-order valence-corrected chi connectivity index (χ4v) is 3.24. The van der Waals surface area contributed by atoms with E-state index in [-0.39, 0.29) is 0 Å². The minimum Gasteiger partial charge on any atom is -0.272 e. The second-order valence-electron chi connectivity index (χ2n) is 6.00. The van der Waals surface area contributed by atoms with Crippen molar-refractivity contribution in [3.63, 3.8) is 0 Å². The molecular formula is C17H24N4. The third kappa shape index (κ3) is 3.01. The fourth-order valence-electron chi connectivity index (χ4n) is 3.24. The monoisotopic (exact) mass is 284 g/mol. The van der Waals surface area contributed by atoms with Crippen molar-refractivity contribution < 1.29 is 0 Å². The highest BCUT2D eigenvalue weighted by Gasteiger charge is 2.43. The van der Waals surface area contributed by atoms with Crippen LogP contribution in [0.2, 0.25) is 0 Å². The maximum Gasteiger partial charge on any atom is 0.0624 e. The molecule has 0 bridgehead atoms. The van der Waals surface area contributed by atoms with Gasteiger partial charge in [0.2, 0.25) is 0 Å². The summed E-state index contributed by atoms with van der Waals surface area (Å²) >= 11 is 0. The summed E-state index contributed by atoms with van der Waals surface area (Å²) in [6, 6.07) is 13.3. The molecule has 3 N–H and O–H groups in total. The van der Waals surface area contributed by atoms with Gasteiger partial charge in [0, 0.05) is 25.2 Å². The Kier molecular flexibility index (Phi) is 4.08. The van der Waals surface area contributed by atoms with Crippen molar-refractivity contribution in [2.75, 3.05) is 0 Å². The summed E-state index contributed by atoms with van der Waals surface area (Å²) in [6.45, 7) is 2.14. The number of aromatic nitrogens is 2. The molecule has 4 nitrogen and oxygen atoms in total. The minimum atomic E-state index is 0.315. The van der Waals surface area contributed by atoms with Crippen LogP contribution in [0, 0.1) is 5.92 Å². The number of nitrogens with zero attached hydrogens (tertiary/aromatic N) is 2. The zero-order valence-electron chi connectivity index (χ0n) is 12.8. The van der Waals surface area contributed by atoms with Crippen LogP contribution in [0.3, 0.4) is 0 Å². The largest absolute Gasteiger partial charge is 0.272 e. The smallest absolute Gasteiger partial charge is 0.0624 e. The Morgan fingerprint density at radius 3 is 2.76 bits per heavy atom. The van der Waals surface area contributed by atoms with Crippen LogP contribution < -0.4 is 11.3 Å². The predicted octanol–water partition coefficient (Wildman–Crippen LogP) is 2.16. The highest BCUT2D eigenvalue weighted by molar-refractivity contribution is 5.27. The van der Waals surface area contributed by atoms with Gasteiger partial charge in [-0.2, -0.15) is 5.10 Å². The topological polar surface area (TPSA) is 55.9 Å². The lowest BCUT2D eigenvalue weighted by atomic mass is 10.0. The van der Waals surface area contributed by atoms with Gasteiger partial charge in [-0.3, -0.25) is 16.0 Å².